The van der Waals surface area contributed by atoms with Crippen molar-refractivity contribution in [3.8, 4) is 11.4 Å². The summed E-state index contributed by atoms with van der Waals surface area (Å²) >= 11 is 0. The van der Waals surface area contributed by atoms with Crippen molar-refractivity contribution >= 4 is 5.95 Å². The maximum Gasteiger partial charge on any atom is 0.223 e. The zero-order valence-corrected chi connectivity index (χ0v) is 10.8. The standard InChI is InChI=1S/C14H14F2N4/c15-10-6-5-9(7-11(10)16)13-18-12(19-14(17)20-13)8-3-1-2-4-8/h5-8H,1-4H2,(H2,17,18,19,20). The Bertz CT molecular complexity index is 639. The van der Waals surface area contributed by atoms with Crippen LogP contribution in [0.25, 0.3) is 11.4 Å². The quantitative estimate of drug-likeness (QED) is 0.915. The minimum Gasteiger partial charge on any atom is -0.368 e. The van der Waals surface area contributed by atoms with Gasteiger partial charge in [-0.1, -0.05) is 12.8 Å². The van der Waals surface area contributed by atoms with Gasteiger partial charge in [0.05, 0.1) is 0 Å². The van der Waals surface area contributed by atoms with Crippen molar-refractivity contribution in [1.82, 2.24) is 15.0 Å². The number of nitrogen functional groups attached to an aromatic ring is 1. The first-order valence-electron chi connectivity index (χ1n) is 6.60. The molecule has 0 aliphatic heterocycles. The molecule has 0 radical (unpaired) electrons. The van der Waals surface area contributed by atoms with E-state index in [0.29, 0.717) is 17.2 Å². The van der Waals surface area contributed by atoms with E-state index in [4.69, 9.17) is 5.73 Å². The zero-order valence-electron chi connectivity index (χ0n) is 10.8. The van der Waals surface area contributed by atoms with Gasteiger partial charge in [-0.25, -0.2) is 13.8 Å². The molecule has 1 aromatic carbocycles. The molecule has 0 saturated heterocycles. The smallest absolute Gasteiger partial charge is 0.223 e. The molecule has 4 nitrogen and oxygen atoms in total. The van der Waals surface area contributed by atoms with Crippen molar-refractivity contribution in [2.75, 3.05) is 5.73 Å². The van der Waals surface area contributed by atoms with Gasteiger partial charge in [0.25, 0.3) is 0 Å². The molecule has 6 heteroatoms. The molecule has 0 amide bonds. The van der Waals surface area contributed by atoms with Gasteiger partial charge in [-0.2, -0.15) is 9.97 Å². The van der Waals surface area contributed by atoms with Gasteiger partial charge in [0, 0.05) is 11.5 Å². The lowest BCUT2D eigenvalue weighted by Crippen LogP contribution is -2.08. The number of nitrogens with zero attached hydrogens (tertiary/aromatic N) is 3. The van der Waals surface area contributed by atoms with Gasteiger partial charge in [-0.05, 0) is 31.0 Å². The Kier molecular flexibility index (Phi) is 3.30. The Morgan fingerprint density at radius 3 is 2.45 bits per heavy atom. The van der Waals surface area contributed by atoms with Gasteiger partial charge in [-0.15, -0.1) is 0 Å². The van der Waals surface area contributed by atoms with Crippen molar-refractivity contribution < 1.29 is 8.78 Å². The van der Waals surface area contributed by atoms with Gasteiger partial charge in [0.1, 0.15) is 5.82 Å². The van der Waals surface area contributed by atoms with E-state index in [1.54, 1.807) is 0 Å². The predicted octanol–water partition coefficient (Wildman–Crippen LogP) is 3.06. The third-order valence-corrected chi connectivity index (χ3v) is 3.57. The lowest BCUT2D eigenvalue weighted by atomic mass is 10.1. The minimum atomic E-state index is -0.927. The molecule has 1 aliphatic carbocycles. The van der Waals surface area contributed by atoms with Crippen LogP contribution in [0.3, 0.4) is 0 Å². The van der Waals surface area contributed by atoms with Crippen LogP contribution in [0.15, 0.2) is 18.2 Å². The van der Waals surface area contributed by atoms with Crippen molar-refractivity contribution in [2.24, 2.45) is 0 Å². The Balaban J connectivity index is 2.02. The molecule has 1 fully saturated rings. The lowest BCUT2D eigenvalue weighted by Gasteiger charge is -2.10. The van der Waals surface area contributed by atoms with E-state index < -0.39 is 11.6 Å². The number of halogens is 2. The number of rotatable bonds is 2. The van der Waals surface area contributed by atoms with E-state index >= 15 is 0 Å². The highest BCUT2D eigenvalue weighted by Crippen LogP contribution is 2.33. The SMILES string of the molecule is Nc1nc(-c2ccc(F)c(F)c2)nc(C2CCCC2)n1. The van der Waals surface area contributed by atoms with Crippen LogP contribution in [-0.2, 0) is 0 Å². The van der Waals surface area contributed by atoms with Gasteiger partial charge in [0.15, 0.2) is 17.5 Å². The molecule has 1 aliphatic rings. The molecule has 1 aromatic heterocycles. The van der Waals surface area contributed by atoms with Crippen LogP contribution in [0.5, 0.6) is 0 Å². The zero-order chi connectivity index (χ0) is 14.1. The monoisotopic (exact) mass is 276 g/mol. The summed E-state index contributed by atoms with van der Waals surface area (Å²) in [7, 11) is 0. The molecule has 20 heavy (non-hydrogen) atoms. The summed E-state index contributed by atoms with van der Waals surface area (Å²) in [5, 5.41) is 0. The van der Waals surface area contributed by atoms with Crippen molar-refractivity contribution in [3.63, 3.8) is 0 Å². The molecule has 1 saturated carbocycles. The number of benzene rings is 1. The normalized spacial score (nSPS) is 15.7. The average Bonchev–Trinajstić information content (AvgIpc) is 2.95. The van der Waals surface area contributed by atoms with Crippen LogP contribution in [-0.4, -0.2) is 15.0 Å². The molecule has 104 valence electrons. The first-order valence-corrected chi connectivity index (χ1v) is 6.60. The molecule has 1 heterocycles. The summed E-state index contributed by atoms with van der Waals surface area (Å²) in [6.45, 7) is 0. The fourth-order valence-electron chi connectivity index (χ4n) is 2.54. The maximum atomic E-state index is 13.3. The molecular weight excluding hydrogens is 262 g/mol. The largest absolute Gasteiger partial charge is 0.368 e. The Labute approximate surface area is 115 Å². The molecule has 0 bridgehead atoms. The topological polar surface area (TPSA) is 64.7 Å². The summed E-state index contributed by atoms with van der Waals surface area (Å²) in [6, 6.07) is 3.56. The molecule has 2 N–H and O–H groups in total. The molecule has 0 spiro atoms. The number of anilines is 1. The number of nitrogens with two attached hydrogens (primary N) is 1. The van der Waals surface area contributed by atoms with E-state index in [-0.39, 0.29) is 11.9 Å². The number of hydrogen-bond donors (Lipinski definition) is 1. The minimum absolute atomic E-state index is 0.113. The van der Waals surface area contributed by atoms with Crippen molar-refractivity contribution in [1.29, 1.82) is 0 Å². The summed E-state index contributed by atoms with van der Waals surface area (Å²) in [4.78, 5) is 12.5. The van der Waals surface area contributed by atoms with E-state index in [2.05, 4.69) is 15.0 Å². The lowest BCUT2D eigenvalue weighted by molar-refractivity contribution is 0.509. The van der Waals surface area contributed by atoms with Gasteiger partial charge < -0.3 is 5.73 Å². The van der Waals surface area contributed by atoms with E-state index in [0.717, 1.165) is 37.8 Å². The van der Waals surface area contributed by atoms with Gasteiger partial charge in [0.2, 0.25) is 5.95 Å². The molecular formula is C14H14F2N4. The highest BCUT2D eigenvalue weighted by atomic mass is 19.2. The molecule has 0 atom stereocenters. The fourth-order valence-corrected chi connectivity index (χ4v) is 2.54. The Hall–Kier alpha value is -2.11. The number of hydrogen-bond acceptors (Lipinski definition) is 4. The fraction of sp³-hybridized carbons (Fsp3) is 0.357. The van der Waals surface area contributed by atoms with E-state index in [1.165, 1.54) is 6.07 Å². The first-order chi connectivity index (χ1) is 9.63. The van der Waals surface area contributed by atoms with Gasteiger partial charge >= 0.3 is 0 Å². The second-order valence-electron chi connectivity index (χ2n) is 4.99. The van der Waals surface area contributed by atoms with Crippen LogP contribution in [0.2, 0.25) is 0 Å². The summed E-state index contributed by atoms with van der Waals surface area (Å²) < 4.78 is 26.3. The van der Waals surface area contributed by atoms with Crippen molar-refractivity contribution in [3.05, 3.63) is 35.7 Å². The predicted molar refractivity (Wildman–Crippen MR) is 70.8 cm³/mol. The number of aromatic nitrogens is 3. The van der Waals surface area contributed by atoms with Crippen LogP contribution in [0.4, 0.5) is 14.7 Å². The first kappa shape index (κ1) is 12.9. The van der Waals surface area contributed by atoms with E-state index in [1.807, 2.05) is 0 Å². The molecule has 2 aromatic rings. The Morgan fingerprint density at radius 2 is 1.75 bits per heavy atom. The van der Waals surface area contributed by atoms with Crippen LogP contribution in [0, 0.1) is 11.6 Å². The highest BCUT2D eigenvalue weighted by molar-refractivity contribution is 5.56. The Morgan fingerprint density at radius 1 is 1.00 bits per heavy atom. The van der Waals surface area contributed by atoms with Crippen LogP contribution in [0.1, 0.15) is 37.4 Å². The molecule has 0 unspecified atom stereocenters. The maximum absolute atomic E-state index is 13.3. The third-order valence-electron chi connectivity index (χ3n) is 3.57. The van der Waals surface area contributed by atoms with Crippen molar-refractivity contribution in [2.45, 2.75) is 31.6 Å². The van der Waals surface area contributed by atoms with E-state index in [9.17, 15) is 8.78 Å². The summed E-state index contributed by atoms with van der Waals surface area (Å²) in [6.07, 6.45) is 4.36. The second kappa shape index (κ2) is 5.11. The molecule has 3 rings (SSSR count). The van der Waals surface area contributed by atoms with Crippen LogP contribution < -0.4 is 5.73 Å². The summed E-state index contributed by atoms with van der Waals surface area (Å²) in [5.74, 6) is -0.491. The van der Waals surface area contributed by atoms with Gasteiger partial charge in [-0.3, -0.25) is 0 Å². The van der Waals surface area contributed by atoms with Crippen LogP contribution >= 0.6 is 0 Å². The summed E-state index contributed by atoms with van der Waals surface area (Å²) in [5.41, 5.74) is 6.10. The third kappa shape index (κ3) is 2.45. The highest BCUT2D eigenvalue weighted by Gasteiger charge is 2.21. The average molecular weight is 276 g/mol. The second-order valence-corrected chi connectivity index (χ2v) is 4.99.